The zero-order valence-corrected chi connectivity index (χ0v) is 17.7. The van der Waals surface area contributed by atoms with Crippen LogP contribution in [-0.2, 0) is 13.0 Å². The van der Waals surface area contributed by atoms with Gasteiger partial charge in [0.1, 0.15) is 11.6 Å². The summed E-state index contributed by atoms with van der Waals surface area (Å²) in [5, 5.41) is 12.2. The average Bonchev–Trinajstić information content (AvgIpc) is 2.63. The van der Waals surface area contributed by atoms with E-state index in [1.54, 1.807) is 0 Å². The topological polar surface area (TPSA) is 97.5 Å². The highest BCUT2D eigenvalue weighted by Gasteiger charge is 2.11. The van der Waals surface area contributed by atoms with Gasteiger partial charge in [-0.3, -0.25) is 0 Å². The van der Waals surface area contributed by atoms with Gasteiger partial charge in [0.25, 0.3) is 0 Å². The van der Waals surface area contributed by atoms with Crippen molar-refractivity contribution in [2.75, 3.05) is 11.1 Å². The van der Waals surface area contributed by atoms with Crippen molar-refractivity contribution in [2.45, 2.75) is 60.6 Å². The highest BCUT2D eigenvalue weighted by molar-refractivity contribution is 5.89. The Balaban J connectivity index is 0.00000190. The Kier molecular flexibility index (Phi) is 9.28. The molecule has 0 aliphatic rings. The summed E-state index contributed by atoms with van der Waals surface area (Å²) in [5.41, 5.74) is 8.66. The van der Waals surface area contributed by atoms with Crippen molar-refractivity contribution in [3.63, 3.8) is 0 Å². The van der Waals surface area contributed by atoms with Crippen molar-refractivity contribution >= 4 is 17.5 Å². The van der Waals surface area contributed by atoms with Gasteiger partial charge in [0.15, 0.2) is 0 Å². The molecule has 1 aromatic heterocycles. The Bertz CT molecular complexity index is 774. The maximum atomic E-state index is 11.0. The van der Waals surface area contributed by atoms with Crippen LogP contribution in [0.5, 0.6) is 5.75 Å². The van der Waals surface area contributed by atoms with E-state index in [1.807, 2.05) is 39.8 Å². The number of anilines is 2. The zero-order chi connectivity index (χ0) is 21.3. The molecule has 28 heavy (non-hydrogen) atoms. The van der Waals surface area contributed by atoms with E-state index in [0.29, 0.717) is 24.0 Å². The minimum Gasteiger partial charge on any atom is -0.491 e. The van der Waals surface area contributed by atoms with Crippen LogP contribution in [0.25, 0.3) is 0 Å². The predicted octanol–water partition coefficient (Wildman–Crippen LogP) is 4.99. The summed E-state index contributed by atoms with van der Waals surface area (Å²) in [6, 6.07) is 7.53. The summed E-state index contributed by atoms with van der Waals surface area (Å²) in [5.74, 6) is 0.782. The van der Waals surface area contributed by atoms with E-state index in [-0.39, 0.29) is 11.7 Å². The minimum atomic E-state index is -1.05. The molecule has 0 aliphatic heterocycles. The van der Waals surface area contributed by atoms with Gasteiger partial charge >= 0.3 is 5.97 Å². The quantitative estimate of drug-likeness (QED) is 0.590. The van der Waals surface area contributed by atoms with Crippen LogP contribution < -0.4 is 15.8 Å². The molecule has 2 aromatic rings. The Morgan fingerprint density at radius 2 is 1.86 bits per heavy atom. The second-order valence-electron chi connectivity index (χ2n) is 7.02. The molecule has 6 heteroatoms. The summed E-state index contributed by atoms with van der Waals surface area (Å²) in [4.78, 5) is 15.1. The first-order valence-corrected chi connectivity index (χ1v) is 9.77. The van der Waals surface area contributed by atoms with E-state index < -0.39 is 5.97 Å². The minimum absolute atomic E-state index is 0.0703. The van der Waals surface area contributed by atoms with Gasteiger partial charge in [-0.15, -0.1) is 0 Å². The van der Waals surface area contributed by atoms with Crippen molar-refractivity contribution in [3.8, 4) is 5.75 Å². The van der Waals surface area contributed by atoms with Crippen LogP contribution in [0.1, 0.15) is 63.0 Å². The molecule has 1 heterocycles. The molecule has 0 fully saturated rings. The lowest BCUT2D eigenvalue weighted by Gasteiger charge is -2.17. The first-order valence-electron chi connectivity index (χ1n) is 9.77. The van der Waals surface area contributed by atoms with Crippen LogP contribution in [-0.4, -0.2) is 22.2 Å². The molecule has 0 saturated heterocycles. The van der Waals surface area contributed by atoms with Gasteiger partial charge in [-0.25, -0.2) is 9.78 Å². The monoisotopic (exact) mass is 387 g/mol. The molecule has 154 valence electrons. The van der Waals surface area contributed by atoms with Crippen molar-refractivity contribution < 1.29 is 14.6 Å². The number of carboxylic acid groups (broad SMARTS) is 1. The number of nitrogens with zero attached hydrogens (tertiary/aromatic N) is 1. The molecule has 2 rings (SSSR count). The third kappa shape index (κ3) is 7.10. The van der Waals surface area contributed by atoms with E-state index >= 15 is 0 Å². The highest BCUT2D eigenvalue weighted by Crippen LogP contribution is 2.24. The van der Waals surface area contributed by atoms with Crippen LogP contribution >= 0.6 is 0 Å². The summed E-state index contributed by atoms with van der Waals surface area (Å²) >= 11 is 0. The van der Waals surface area contributed by atoms with Crippen LogP contribution in [0.15, 0.2) is 30.5 Å². The number of rotatable bonds is 8. The number of aromatic carboxylic acids is 1. The molecule has 6 nitrogen and oxygen atoms in total. The third-order valence-electron chi connectivity index (χ3n) is 3.79. The molecule has 0 saturated carbocycles. The molecule has 0 unspecified atom stereocenters. The fourth-order valence-electron chi connectivity index (χ4n) is 2.68. The molecule has 0 amide bonds. The molecule has 0 aliphatic carbocycles. The maximum Gasteiger partial charge on any atom is 0.337 e. The van der Waals surface area contributed by atoms with E-state index in [4.69, 9.17) is 15.6 Å². The third-order valence-corrected chi connectivity index (χ3v) is 3.79. The van der Waals surface area contributed by atoms with Crippen LogP contribution in [0.2, 0.25) is 0 Å². The van der Waals surface area contributed by atoms with Crippen molar-refractivity contribution in [1.29, 1.82) is 0 Å². The molecule has 0 atom stereocenters. The van der Waals surface area contributed by atoms with Gasteiger partial charge in [0.05, 0.1) is 17.4 Å². The van der Waals surface area contributed by atoms with E-state index in [0.717, 1.165) is 17.7 Å². The number of nitrogen functional groups attached to an aromatic ring is 1. The second kappa shape index (κ2) is 11.2. The van der Waals surface area contributed by atoms with E-state index in [1.165, 1.54) is 17.8 Å². The fourth-order valence-corrected chi connectivity index (χ4v) is 2.68. The van der Waals surface area contributed by atoms with E-state index in [2.05, 4.69) is 30.2 Å². The zero-order valence-electron chi connectivity index (χ0n) is 17.7. The molecule has 0 bridgehead atoms. The molecule has 0 radical (unpaired) electrons. The Labute approximate surface area is 168 Å². The SMILES string of the molecule is CC.CC(C)Cc1ccc(OC(C)C)cc1CNc1ncc(C(=O)O)cc1N. The van der Waals surface area contributed by atoms with Crippen LogP contribution in [0.3, 0.4) is 0 Å². The number of carboxylic acids is 1. The number of ether oxygens (including phenoxy) is 1. The number of pyridine rings is 1. The smallest absolute Gasteiger partial charge is 0.337 e. The Hall–Kier alpha value is -2.76. The maximum absolute atomic E-state index is 11.0. The Morgan fingerprint density at radius 3 is 2.39 bits per heavy atom. The fraction of sp³-hybridized carbons (Fsp3) is 0.455. The highest BCUT2D eigenvalue weighted by atomic mass is 16.5. The predicted molar refractivity (Wildman–Crippen MR) is 115 cm³/mol. The second-order valence-corrected chi connectivity index (χ2v) is 7.02. The normalized spacial score (nSPS) is 10.4. The largest absolute Gasteiger partial charge is 0.491 e. The standard InChI is InChI=1S/C20H27N3O3.C2H6/c1-12(2)7-14-5-6-17(26-13(3)4)8-15(14)10-22-19-18(21)9-16(11-23-19)20(24)25;1-2/h5-6,8-9,11-13H,7,10,21H2,1-4H3,(H,22,23)(H,24,25);1-2H3. The summed E-state index contributed by atoms with van der Waals surface area (Å²) < 4.78 is 5.80. The lowest BCUT2D eigenvalue weighted by molar-refractivity contribution is 0.0696. The number of aromatic nitrogens is 1. The Morgan fingerprint density at radius 1 is 1.18 bits per heavy atom. The van der Waals surface area contributed by atoms with Gasteiger partial charge in [0.2, 0.25) is 0 Å². The lowest BCUT2D eigenvalue weighted by atomic mass is 9.97. The molecular formula is C22H33N3O3. The van der Waals surface area contributed by atoms with Crippen molar-refractivity contribution in [3.05, 3.63) is 47.2 Å². The van der Waals surface area contributed by atoms with Gasteiger partial charge in [0, 0.05) is 12.7 Å². The molecule has 0 spiro atoms. The summed E-state index contributed by atoms with van der Waals surface area (Å²) in [6.07, 6.45) is 2.36. The summed E-state index contributed by atoms with van der Waals surface area (Å²) in [7, 11) is 0. The number of benzene rings is 1. The van der Waals surface area contributed by atoms with Crippen LogP contribution in [0.4, 0.5) is 11.5 Å². The van der Waals surface area contributed by atoms with Gasteiger partial charge in [-0.2, -0.15) is 0 Å². The first kappa shape index (κ1) is 23.3. The van der Waals surface area contributed by atoms with Crippen LogP contribution in [0, 0.1) is 5.92 Å². The first-order chi connectivity index (χ1) is 13.3. The molecular weight excluding hydrogens is 354 g/mol. The van der Waals surface area contributed by atoms with Gasteiger partial charge in [-0.1, -0.05) is 33.8 Å². The number of hydrogen-bond acceptors (Lipinski definition) is 5. The van der Waals surface area contributed by atoms with Gasteiger partial charge < -0.3 is 20.9 Å². The molecule has 4 N–H and O–H groups in total. The van der Waals surface area contributed by atoms with Gasteiger partial charge in [-0.05, 0) is 55.5 Å². The van der Waals surface area contributed by atoms with Crippen molar-refractivity contribution in [2.24, 2.45) is 5.92 Å². The number of hydrogen-bond donors (Lipinski definition) is 3. The summed E-state index contributed by atoms with van der Waals surface area (Å²) in [6.45, 7) is 12.9. The molecule has 1 aromatic carbocycles. The number of nitrogens with one attached hydrogen (secondary N) is 1. The average molecular weight is 388 g/mol. The van der Waals surface area contributed by atoms with E-state index in [9.17, 15) is 4.79 Å². The number of carbonyl (C=O) groups is 1. The van der Waals surface area contributed by atoms with Crippen molar-refractivity contribution in [1.82, 2.24) is 4.98 Å². The number of nitrogens with two attached hydrogens (primary N) is 1. The lowest BCUT2D eigenvalue weighted by Crippen LogP contribution is -2.11.